The first kappa shape index (κ1) is 18.7. The monoisotopic (exact) mass is 392 g/mol. The number of amides is 1. The molecule has 1 N–H and O–H groups in total. The van der Waals surface area contributed by atoms with Gasteiger partial charge in [-0.25, -0.2) is 8.42 Å². The van der Waals surface area contributed by atoms with Gasteiger partial charge in [-0.15, -0.1) is 0 Å². The first-order chi connectivity index (χ1) is 12.3. The van der Waals surface area contributed by atoms with Crippen LogP contribution in [0, 0.1) is 0 Å². The Morgan fingerprint density at radius 1 is 1.23 bits per heavy atom. The van der Waals surface area contributed by atoms with Gasteiger partial charge in [0.05, 0.1) is 18.0 Å². The number of sulfonamides is 1. The van der Waals surface area contributed by atoms with Crippen molar-refractivity contribution in [3.8, 4) is 0 Å². The van der Waals surface area contributed by atoms with E-state index >= 15 is 0 Å². The Bertz CT molecular complexity index is 915. The van der Waals surface area contributed by atoms with Crippen LogP contribution in [0.1, 0.15) is 30.0 Å². The second-order valence-electron chi connectivity index (χ2n) is 6.46. The Morgan fingerprint density at radius 3 is 2.73 bits per heavy atom. The van der Waals surface area contributed by atoms with E-state index in [2.05, 4.69) is 11.4 Å². The maximum atomic E-state index is 12.6. The number of halogens is 1. The Kier molecular flexibility index (Phi) is 5.53. The van der Waals surface area contributed by atoms with E-state index < -0.39 is 10.0 Å². The van der Waals surface area contributed by atoms with Crippen molar-refractivity contribution in [3.05, 3.63) is 64.7 Å². The molecule has 0 fully saturated rings. The highest BCUT2D eigenvalue weighted by molar-refractivity contribution is 7.92. The summed E-state index contributed by atoms with van der Waals surface area (Å²) in [5.74, 6) is -0.336. The number of nitrogens with zero attached hydrogens (tertiary/aromatic N) is 1. The summed E-state index contributed by atoms with van der Waals surface area (Å²) in [6.07, 6.45) is 3.92. The van der Waals surface area contributed by atoms with Crippen molar-refractivity contribution >= 4 is 33.2 Å². The van der Waals surface area contributed by atoms with Gasteiger partial charge in [-0.05, 0) is 48.6 Å². The number of carbonyl (C=O) groups excluding carboxylic acids is 1. The number of aryl methyl sites for hydroxylation is 1. The smallest absolute Gasteiger partial charge is 0.241 e. The first-order valence-electron chi connectivity index (χ1n) is 8.45. The maximum Gasteiger partial charge on any atom is 0.241 e. The number of carbonyl (C=O) groups is 1. The molecule has 7 heteroatoms. The van der Waals surface area contributed by atoms with Crippen molar-refractivity contribution in [2.45, 2.75) is 25.3 Å². The third kappa shape index (κ3) is 4.37. The van der Waals surface area contributed by atoms with E-state index in [-0.39, 0.29) is 18.5 Å². The van der Waals surface area contributed by atoms with E-state index in [9.17, 15) is 13.2 Å². The molecule has 26 heavy (non-hydrogen) atoms. The number of fused-ring (bicyclic) bond motifs is 1. The van der Waals surface area contributed by atoms with E-state index in [1.165, 1.54) is 11.6 Å². The fourth-order valence-electron chi connectivity index (χ4n) is 3.31. The molecule has 1 aliphatic rings. The van der Waals surface area contributed by atoms with Gasteiger partial charge in [0.1, 0.15) is 6.54 Å². The minimum atomic E-state index is -3.62. The summed E-state index contributed by atoms with van der Waals surface area (Å²) in [5, 5.41) is 3.40. The zero-order valence-corrected chi connectivity index (χ0v) is 16.1. The van der Waals surface area contributed by atoms with Crippen LogP contribution in [0.25, 0.3) is 0 Å². The lowest BCUT2D eigenvalue weighted by atomic mass is 9.88. The Hall–Kier alpha value is -2.05. The second-order valence-corrected chi connectivity index (χ2v) is 8.80. The topological polar surface area (TPSA) is 66.5 Å². The van der Waals surface area contributed by atoms with Crippen molar-refractivity contribution in [2.24, 2.45) is 0 Å². The largest absolute Gasteiger partial charge is 0.348 e. The van der Waals surface area contributed by atoms with Crippen LogP contribution in [0.4, 0.5) is 5.69 Å². The molecule has 0 unspecified atom stereocenters. The minimum absolute atomic E-state index is 0.0896. The molecule has 0 bridgehead atoms. The standard InChI is InChI=1S/C19H21ClN2O3S/c1-26(24,25)22(16-9-5-8-15(20)12-16)13-19(23)21-18-11-4-7-14-6-2-3-10-17(14)18/h2-3,5-6,8-10,12,18H,4,7,11,13H2,1H3,(H,21,23)/t18-/m0/s1. The summed E-state index contributed by atoms with van der Waals surface area (Å²) in [6.45, 7) is -0.280. The average molecular weight is 393 g/mol. The normalized spacial score (nSPS) is 16.6. The molecule has 5 nitrogen and oxygen atoms in total. The molecule has 3 rings (SSSR count). The van der Waals surface area contributed by atoms with Gasteiger partial charge in [0.25, 0.3) is 0 Å². The lowest BCUT2D eigenvalue weighted by Crippen LogP contribution is -2.42. The average Bonchev–Trinajstić information content (AvgIpc) is 2.59. The molecule has 2 aromatic carbocycles. The van der Waals surface area contributed by atoms with Gasteiger partial charge < -0.3 is 5.32 Å². The molecule has 0 spiro atoms. The van der Waals surface area contributed by atoms with Gasteiger partial charge in [-0.1, -0.05) is 41.9 Å². The van der Waals surface area contributed by atoms with Crippen LogP contribution in [0.3, 0.4) is 0 Å². The van der Waals surface area contributed by atoms with Gasteiger partial charge >= 0.3 is 0 Å². The molecule has 0 saturated heterocycles. The lowest BCUT2D eigenvalue weighted by molar-refractivity contribution is -0.120. The zero-order valence-electron chi connectivity index (χ0n) is 14.5. The summed E-state index contributed by atoms with van der Waals surface area (Å²) in [7, 11) is -3.62. The molecule has 2 aromatic rings. The summed E-state index contributed by atoms with van der Waals surface area (Å²) in [4.78, 5) is 12.6. The molecule has 1 amide bonds. The first-order valence-corrected chi connectivity index (χ1v) is 10.7. The number of anilines is 1. The van der Waals surface area contributed by atoms with E-state index in [4.69, 9.17) is 11.6 Å². The van der Waals surface area contributed by atoms with Crippen molar-refractivity contribution in [2.75, 3.05) is 17.1 Å². The number of benzene rings is 2. The maximum absolute atomic E-state index is 12.6. The van der Waals surface area contributed by atoms with Crippen LogP contribution in [0.2, 0.25) is 5.02 Å². The van der Waals surface area contributed by atoms with Crippen molar-refractivity contribution in [1.29, 1.82) is 0 Å². The summed E-state index contributed by atoms with van der Waals surface area (Å²) >= 11 is 5.97. The number of hydrogen-bond donors (Lipinski definition) is 1. The SMILES string of the molecule is CS(=O)(=O)N(CC(=O)N[C@H]1CCCc2ccccc21)c1cccc(Cl)c1. The molecular formula is C19H21ClN2O3S. The molecular weight excluding hydrogens is 372 g/mol. The molecule has 0 heterocycles. The van der Waals surface area contributed by atoms with E-state index in [1.54, 1.807) is 18.2 Å². The predicted octanol–water partition coefficient (Wildman–Crippen LogP) is 3.30. The Balaban J connectivity index is 1.77. The van der Waals surface area contributed by atoms with Crippen LogP contribution in [-0.4, -0.2) is 27.1 Å². The van der Waals surface area contributed by atoms with Crippen molar-refractivity contribution < 1.29 is 13.2 Å². The van der Waals surface area contributed by atoms with Crippen molar-refractivity contribution in [3.63, 3.8) is 0 Å². The van der Waals surface area contributed by atoms with E-state index in [0.29, 0.717) is 10.7 Å². The van der Waals surface area contributed by atoms with Crippen LogP contribution in [-0.2, 0) is 21.2 Å². The van der Waals surface area contributed by atoms with Gasteiger partial charge in [0, 0.05) is 5.02 Å². The fourth-order valence-corrected chi connectivity index (χ4v) is 4.34. The summed E-state index contributed by atoms with van der Waals surface area (Å²) in [5.41, 5.74) is 2.72. The molecule has 0 radical (unpaired) electrons. The van der Waals surface area contributed by atoms with Gasteiger partial charge in [0.15, 0.2) is 0 Å². The lowest BCUT2D eigenvalue weighted by Gasteiger charge is -2.28. The fraction of sp³-hybridized carbons (Fsp3) is 0.316. The van der Waals surface area contributed by atoms with E-state index in [1.807, 2.05) is 18.2 Å². The molecule has 138 valence electrons. The van der Waals surface area contributed by atoms with Gasteiger partial charge in [-0.2, -0.15) is 0 Å². The molecule has 1 atom stereocenters. The second kappa shape index (κ2) is 7.68. The highest BCUT2D eigenvalue weighted by Crippen LogP contribution is 2.29. The van der Waals surface area contributed by atoms with Crippen LogP contribution in [0.5, 0.6) is 0 Å². The Morgan fingerprint density at radius 2 is 2.00 bits per heavy atom. The summed E-state index contributed by atoms with van der Waals surface area (Å²) in [6, 6.07) is 14.4. The third-order valence-electron chi connectivity index (χ3n) is 4.49. The number of nitrogens with one attached hydrogen (secondary N) is 1. The van der Waals surface area contributed by atoms with Crippen molar-refractivity contribution in [1.82, 2.24) is 5.32 Å². The highest BCUT2D eigenvalue weighted by atomic mass is 35.5. The zero-order chi connectivity index (χ0) is 18.7. The minimum Gasteiger partial charge on any atom is -0.348 e. The van der Waals surface area contributed by atoms with Gasteiger partial charge in [0.2, 0.25) is 15.9 Å². The third-order valence-corrected chi connectivity index (χ3v) is 5.86. The Labute approximate surface area is 159 Å². The number of hydrogen-bond acceptors (Lipinski definition) is 3. The molecule has 0 aromatic heterocycles. The van der Waals surface area contributed by atoms with Gasteiger partial charge in [-0.3, -0.25) is 9.10 Å². The predicted molar refractivity (Wildman–Crippen MR) is 104 cm³/mol. The molecule has 0 aliphatic heterocycles. The van der Waals surface area contributed by atoms with E-state index in [0.717, 1.165) is 35.4 Å². The highest BCUT2D eigenvalue weighted by Gasteiger charge is 2.25. The van der Waals surface area contributed by atoms with Crippen LogP contribution < -0.4 is 9.62 Å². The summed E-state index contributed by atoms with van der Waals surface area (Å²) < 4.78 is 25.4. The van der Waals surface area contributed by atoms with Crippen LogP contribution in [0.15, 0.2) is 48.5 Å². The molecule has 1 aliphatic carbocycles. The quantitative estimate of drug-likeness (QED) is 0.848. The number of rotatable bonds is 5. The van der Waals surface area contributed by atoms with Crippen LogP contribution >= 0.6 is 11.6 Å². The molecule has 0 saturated carbocycles.